The van der Waals surface area contributed by atoms with E-state index in [1.165, 1.54) is 24.3 Å². The largest absolute Gasteiger partial charge is 0.325 e. The monoisotopic (exact) mass is 382 g/mol. The van der Waals surface area contributed by atoms with Crippen molar-refractivity contribution in [3.63, 3.8) is 0 Å². The summed E-state index contributed by atoms with van der Waals surface area (Å²) in [7, 11) is 0. The Balaban J connectivity index is 1.73. The molecular formula is C19H18N4O5. The molecule has 2 aromatic rings. The van der Waals surface area contributed by atoms with Crippen molar-refractivity contribution in [2.24, 2.45) is 0 Å². The minimum absolute atomic E-state index is 0.109. The van der Waals surface area contributed by atoms with Gasteiger partial charge >= 0.3 is 6.03 Å². The maximum absolute atomic E-state index is 13.0. The zero-order valence-corrected chi connectivity index (χ0v) is 15.0. The molecule has 1 heterocycles. The Bertz CT molecular complexity index is 929. The lowest BCUT2D eigenvalue weighted by Gasteiger charge is -2.25. The molecule has 28 heavy (non-hydrogen) atoms. The number of carbonyl (C=O) groups is 3. The van der Waals surface area contributed by atoms with Crippen LogP contribution < -0.4 is 10.6 Å². The number of benzene rings is 2. The molecule has 0 unspecified atom stereocenters. The Morgan fingerprint density at radius 1 is 1.14 bits per heavy atom. The second-order valence-corrected chi connectivity index (χ2v) is 6.30. The number of rotatable bonds is 6. The van der Waals surface area contributed by atoms with Crippen LogP contribution in [0.3, 0.4) is 0 Å². The Morgan fingerprint density at radius 2 is 1.79 bits per heavy atom. The van der Waals surface area contributed by atoms with Gasteiger partial charge in [0.2, 0.25) is 5.91 Å². The van der Waals surface area contributed by atoms with E-state index in [0.29, 0.717) is 17.7 Å². The maximum Gasteiger partial charge on any atom is 0.325 e. The number of nitrogens with zero attached hydrogens (tertiary/aromatic N) is 2. The van der Waals surface area contributed by atoms with Crippen molar-refractivity contribution < 1.29 is 19.3 Å². The van der Waals surface area contributed by atoms with Crippen molar-refractivity contribution in [1.29, 1.82) is 0 Å². The van der Waals surface area contributed by atoms with Crippen molar-refractivity contribution in [3.05, 3.63) is 70.3 Å². The van der Waals surface area contributed by atoms with Gasteiger partial charge in [-0.15, -0.1) is 0 Å². The van der Waals surface area contributed by atoms with Crippen LogP contribution >= 0.6 is 0 Å². The van der Waals surface area contributed by atoms with Gasteiger partial charge in [0.25, 0.3) is 11.6 Å². The van der Waals surface area contributed by atoms with Crippen LogP contribution in [-0.2, 0) is 15.1 Å². The molecule has 2 aromatic carbocycles. The predicted octanol–water partition coefficient (Wildman–Crippen LogP) is 2.39. The quantitative estimate of drug-likeness (QED) is 0.451. The molecule has 9 heteroatoms. The Labute approximate surface area is 160 Å². The molecule has 0 radical (unpaired) electrons. The average molecular weight is 382 g/mol. The predicted molar refractivity (Wildman–Crippen MR) is 100 cm³/mol. The van der Waals surface area contributed by atoms with Gasteiger partial charge in [-0.1, -0.05) is 37.3 Å². The molecule has 144 valence electrons. The smallest absolute Gasteiger partial charge is 0.325 e. The number of non-ortho nitro benzene ring substituents is 1. The molecule has 0 saturated carbocycles. The zero-order chi connectivity index (χ0) is 20.3. The summed E-state index contributed by atoms with van der Waals surface area (Å²) in [5, 5.41) is 15.9. The van der Waals surface area contributed by atoms with Crippen LogP contribution in [0.2, 0.25) is 0 Å². The van der Waals surface area contributed by atoms with Gasteiger partial charge in [0.05, 0.1) is 4.92 Å². The second-order valence-electron chi connectivity index (χ2n) is 6.30. The number of nitrogens with one attached hydrogen (secondary N) is 2. The van der Waals surface area contributed by atoms with Gasteiger partial charge in [-0.3, -0.25) is 24.6 Å². The van der Waals surface area contributed by atoms with Crippen molar-refractivity contribution >= 4 is 29.2 Å². The van der Waals surface area contributed by atoms with Crippen LogP contribution in [-0.4, -0.2) is 34.2 Å². The highest BCUT2D eigenvalue weighted by Gasteiger charge is 2.51. The molecule has 2 N–H and O–H groups in total. The first-order valence-corrected chi connectivity index (χ1v) is 8.61. The van der Waals surface area contributed by atoms with Crippen molar-refractivity contribution in [1.82, 2.24) is 10.2 Å². The highest BCUT2D eigenvalue weighted by molar-refractivity contribution is 6.10. The number of nitro benzene ring substituents is 1. The van der Waals surface area contributed by atoms with E-state index in [9.17, 15) is 24.5 Å². The fourth-order valence-electron chi connectivity index (χ4n) is 3.14. The number of amides is 4. The van der Waals surface area contributed by atoms with Crippen LogP contribution in [0.5, 0.6) is 0 Å². The minimum atomic E-state index is -1.20. The number of hydrogen-bond donors (Lipinski definition) is 2. The zero-order valence-electron chi connectivity index (χ0n) is 15.0. The van der Waals surface area contributed by atoms with E-state index in [1.807, 2.05) is 6.07 Å². The summed E-state index contributed by atoms with van der Waals surface area (Å²) < 4.78 is 0. The molecule has 1 saturated heterocycles. The van der Waals surface area contributed by atoms with E-state index in [1.54, 1.807) is 31.2 Å². The van der Waals surface area contributed by atoms with E-state index in [4.69, 9.17) is 0 Å². The molecule has 0 aliphatic carbocycles. The van der Waals surface area contributed by atoms with Gasteiger partial charge in [0.1, 0.15) is 12.1 Å². The number of urea groups is 1. The topological polar surface area (TPSA) is 122 Å². The lowest BCUT2D eigenvalue weighted by atomic mass is 9.87. The van der Waals surface area contributed by atoms with Crippen molar-refractivity contribution in [2.75, 3.05) is 11.9 Å². The number of hydrogen-bond acceptors (Lipinski definition) is 5. The third-order valence-corrected chi connectivity index (χ3v) is 4.64. The minimum Gasteiger partial charge on any atom is -0.325 e. The molecule has 4 amide bonds. The van der Waals surface area contributed by atoms with Gasteiger partial charge in [0, 0.05) is 17.8 Å². The van der Waals surface area contributed by atoms with E-state index in [2.05, 4.69) is 10.6 Å². The van der Waals surface area contributed by atoms with E-state index in [-0.39, 0.29) is 5.69 Å². The summed E-state index contributed by atoms with van der Waals surface area (Å²) in [4.78, 5) is 48.6. The summed E-state index contributed by atoms with van der Waals surface area (Å²) in [6, 6.07) is 13.5. The lowest BCUT2D eigenvalue weighted by molar-refractivity contribution is -0.384. The van der Waals surface area contributed by atoms with Gasteiger partial charge in [-0.05, 0) is 24.1 Å². The van der Waals surface area contributed by atoms with Gasteiger partial charge < -0.3 is 10.6 Å². The SMILES string of the molecule is CC[C@]1(c2ccccc2)NC(=O)N(CC(=O)Nc2ccc([N+](=O)[O-])cc2)C1=O. The first-order chi connectivity index (χ1) is 13.4. The fraction of sp³-hybridized carbons (Fsp3) is 0.211. The number of anilines is 1. The molecule has 1 aliphatic rings. The van der Waals surface area contributed by atoms with Gasteiger partial charge in [-0.25, -0.2) is 4.79 Å². The summed E-state index contributed by atoms with van der Waals surface area (Å²) in [6.07, 6.45) is 0.335. The van der Waals surface area contributed by atoms with Gasteiger partial charge in [0.15, 0.2) is 0 Å². The third kappa shape index (κ3) is 3.41. The van der Waals surface area contributed by atoms with E-state index in [0.717, 1.165) is 4.90 Å². The van der Waals surface area contributed by atoms with Crippen molar-refractivity contribution in [2.45, 2.75) is 18.9 Å². The molecule has 9 nitrogen and oxygen atoms in total. The first kappa shape index (κ1) is 19.0. The third-order valence-electron chi connectivity index (χ3n) is 4.64. The van der Waals surface area contributed by atoms with Crippen LogP contribution in [0.4, 0.5) is 16.2 Å². The molecule has 0 bridgehead atoms. The summed E-state index contributed by atoms with van der Waals surface area (Å²) in [5.41, 5.74) is -0.337. The van der Waals surface area contributed by atoms with Crippen LogP contribution in [0, 0.1) is 10.1 Å². The molecule has 1 fully saturated rings. The van der Waals surface area contributed by atoms with Crippen LogP contribution in [0.15, 0.2) is 54.6 Å². The highest BCUT2D eigenvalue weighted by Crippen LogP contribution is 2.32. The van der Waals surface area contributed by atoms with E-state index >= 15 is 0 Å². The normalized spacial score (nSPS) is 18.7. The van der Waals surface area contributed by atoms with Crippen LogP contribution in [0.1, 0.15) is 18.9 Å². The highest BCUT2D eigenvalue weighted by atomic mass is 16.6. The Kier molecular flexibility index (Phi) is 5.08. The molecule has 3 rings (SSSR count). The fourth-order valence-corrected chi connectivity index (χ4v) is 3.14. The Morgan fingerprint density at radius 3 is 2.36 bits per heavy atom. The summed E-state index contributed by atoms with van der Waals surface area (Å²) >= 11 is 0. The average Bonchev–Trinajstić information content (AvgIpc) is 2.94. The van der Waals surface area contributed by atoms with Gasteiger partial charge in [-0.2, -0.15) is 0 Å². The Hall–Kier alpha value is -3.75. The number of carbonyl (C=O) groups excluding carboxylic acids is 3. The van der Waals surface area contributed by atoms with Crippen molar-refractivity contribution in [3.8, 4) is 0 Å². The second kappa shape index (κ2) is 7.47. The maximum atomic E-state index is 13.0. The number of nitro groups is 1. The lowest BCUT2D eigenvalue weighted by Crippen LogP contribution is -2.44. The molecule has 0 spiro atoms. The van der Waals surface area contributed by atoms with Crippen LogP contribution in [0.25, 0.3) is 0 Å². The standard InChI is InChI=1S/C19H18N4O5/c1-2-19(13-6-4-3-5-7-13)17(25)22(18(26)21-19)12-16(24)20-14-8-10-15(11-9-14)23(27)28/h3-11H,2,12H2,1H3,(H,20,24)(H,21,26)/t19-/m1/s1. The summed E-state index contributed by atoms with van der Waals surface area (Å²) in [6.45, 7) is 1.32. The molecule has 1 atom stereocenters. The molecule has 0 aromatic heterocycles. The summed E-state index contributed by atoms with van der Waals surface area (Å²) in [5.74, 6) is -1.08. The molecule has 1 aliphatic heterocycles. The van der Waals surface area contributed by atoms with E-state index < -0.39 is 34.9 Å². The first-order valence-electron chi connectivity index (χ1n) is 8.61. The molecular weight excluding hydrogens is 364 g/mol. The number of imide groups is 1.